The van der Waals surface area contributed by atoms with Gasteiger partial charge in [0, 0.05) is 16.2 Å². The largest absolute Gasteiger partial charge is 0.313 e. The fraction of sp³-hybridized carbons (Fsp3) is 0.667. The Morgan fingerprint density at radius 1 is 1.20 bits per heavy atom. The Balaban J connectivity index is 2.15. The zero-order chi connectivity index (χ0) is 14.7. The van der Waals surface area contributed by atoms with Crippen molar-refractivity contribution in [2.75, 3.05) is 6.54 Å². The van der Waals surface area contributed by atoms with Crippen LogP contribution in [-0.2, 0) is 0 Å². The maximum absolute atomic E-state index is 3.73. The molecule has 4 unspecified atom stereocenters. The van der Waals surface area contributed by atoms with Crippen molar-refractivity contribution in [3.05, 3.63) is 29.3 Å². The Hall–Kier alpha value is -0.470. The average Bonchev–Trinajstić information content (AvgIpc) is 2.36. The molecule has 0 heterocycles. The summed E-state index contributed by atoms with van der Waals surface area (Å²) in [4.78, 5) is 1.46. The van der Waals surface area contributed by atoms with E-state index in [4.69, 9.17) is 0 Å². The topological polar surface area (TPSA) is 12.0 Å². The Labute approximate surface area is 128 Å². The molecule has 0 amide bonds. The van der Waals surface area contributed by atoms with E-state index in [1.54, 1.807) is 0 Å². The fourth-order valence-electron chi connectivity index (χ4n) is 3.57. The van der Waals surface area contributed by atoms with E-state index in [1.807, 2.05) is 0 Å². The van der Waals surface area contributed by atoms with Crippen molar-refractivity contribution in [3.63, 3.8) is 0 Å². The van der Waals surface area contributed by atoms with Gasteiger partial charge in [-0.1, -0.05) is 38.5 Å². The maximum atomic E-state index is 3.73. The van der Waals surface area contributed by atoms with Crippen molar-refractivity contribution in [2.24, 2.45) is 11.8 Å². The molecule has 112 valence electrons. The molecule has 1 aromatic rings. The van der Waals surface area contributed by atoms with E-state index in [-0.39, 0.29) is 0 Å². The van der Waals surface area contributed by atoms with Gasteiger partial charge in [-0.15, -0.1) is 11.8 Å². The van der Waals surface area contributed by atoms with Crippen molar-refractivity contribution in [3.8, 4) is 0 Å². The van der Waals surface area contributed by atoms with Gasteiger partial charge in [-0.05, 0) is 56.7 Å². The summed E-state index contributed by atoms with van der Waals surface area (Å²) >= 11 is 2.10. The summed E-state index contributed by atoms with van der Waals surface area (Å²) in [6.45, 7) is 12.6. The van der Waals surface area contributed by atoms with Gasteiger partial charge in [0.05, 0.1) is 0 Å². The lowest BCUT2D eigenvalue weighted by Crippen LogP contribution is -2.46. The van der Waals surface area contributed by atoms with Crippen LogP contribution in [0.4, 0.5) is 0 Å². The van der Waals surface area contributed by atoms with Crippen molar-refractivity contribution in [2.45, 2.75) is 63.6 Å². The summed E-state index contributed by atoms with van der Waals surface area (Å²) < 4.78 is 0. The van der Waals surface area contributed by atoms with Gasteiger partial charge in [-0.3, -0.25) is 0 Å². The van der Waals surface area contributed by atoms with Crippen LogP contribution in [0, 0.1) is 25.7 Å². The molecule has 1 saturated carbocycles. The molecule has 0 radical (unpaired) electrons. The normalized spacial score (nSPS) is 30.4. The molecule has 0 aromatic heterocycles. The van der Waals surface area contributed by atoms with Crippen LogP contribution in [0.1, 0.15) is 44.7 Å². The van der Waals surface area contributed by atoms with E-state index in [0.29, 0.717) is 11.3 Å². The fourth-order valence-corrected chi connectivity index (χ4v) is 4.97. The molecule has 1 aliphatic rings. The van der Waals surface area contributed by atoms with E-state index in [2.05, 4.69) is 69.9 Å². The first kappa shape index (κ1) is 15.9. The first-order valence-corrected chi connectivity index (χ1v) is 8.86. The number of aryl methyl sites for hydroxylation is 2. The number of hydrogen-bond acceptors (Lipinski definition) is 2. The van der Waals surface area contributed by atoms with Crippen molar-refractivity contribution >= 4 is 11.8 Å². The minimum absolute atomic E-state index is 0.657. The number of thioether (sulfide) groups is 1. The van der Waals surface area contributed by atoms with Gasteiger partial charge in [0.25, 0.3) is 0 Å². The number of rotatable bonds is 4. The maximum Gasteiger partial charge on any atom is 0.0274 e. The van der Waals surface area contributed by atoms with Gasteiger partial charge in [-0.2, -0.15) is 0 Å². The smallest absolute Gasteiger partial charge is 0.0274 e. The highest BCUT2D eigenvalue weighted by Gasteiger charge is 2.34. The predicted octanol–water partition coefficient (Wildman–Crippen LogP) is 4.81. The molecule has 1 aliphatic carbocycles. The van der Waals surface area contributed by atoms with Gasteiger partial charge in [0.1, 0.15) is 0 Å². The van der Waals surface area contributed by atoms with E-state index >= 15 is 0 Å². The summed E-state index contributed by atoms with van der Waals surface area (Å²) in [5.41, 5.74) is 2.79. The van der Waals surface area contributed by atoms with Crippen LogP contribution < -0.4 is 5.32 Å². The summed E-state index contributed by atoms with van der Waals surface area (Å²) in [6.07, 6.45) is 2.69. The second-order valence-electron chi connectivity index (χ2n) is 6.57. The molecule has 0 spiro atoms. The quantitative estimate of drug-likeness (QED) is 0.854. The third-order valence-corrected chi connectivity index (χ3v) is 6.22. The Morgan fingerprint density at radius 3 is 2.60 bits per heavy atom. The zero-order valence-corrected chi connectivity index (χ0v) is 14.4. The molecule has 0 bridgehead atoms. The lowest BCUT2D eigenvalue weighted by Gasteiger charge is -2.40. The van der Waals surface area contributed by atoms with Gasteiger partial charge >= 0.3 is 0 Å². The van der Waals surface area contributed by atoms with Gasteiger partial charge in [0.2, 0.25) is 0 Å². The molecule has 1 aromatic carbocycles. The van der Waals surface area contributed by atoms with Crippen LogP contribution in [0.5, 0.6) is 0 Å². The number of benzene rings is 1. The number of hydrogen-bond donors (Lipinski definition) is 1. The molecular formula is C18H29NS. The van der Waals surface area contributed by atoms with Gasteiger partial charge < -0.3 is 5.32 Å². The van der Waals surface area contributed by atoms with E-state index in [9.17, 15) is 0 Å². The Bertz CT molecular complexity index is 443. The van der Waals surface area contributed by atoms with Crippen LogP contribution in [0.2, 0.25) is 0 Å². The average molecular weight is 292 g/mol. The first-order chi connectivity index (χ1) is 9.51. The lowest BCUT2D eigenvalue weighted by molar-refractivity contribution is 0.251. The molecule has 20 heavy (non-hydrogen) atoms. The minimum Gasteiger partial charge on any atom is -0.313 e. The van der Waals surface area contributed by atoms with Crippen LogP contribution in [0.3, 0.4) is 0 Å². The first-order valence-electron chi connectivity index (χ1n) is 7.98. The second-order valence-corrected chi connectivity index (χ2v) is 7.79. The molecule has 1 fully saturated rings. The highest BCUT2D eigenvalue weighted by molar-refractivity contribution is 8.00. The third-order valence-electron chi connectivity index (χ3n) is 4.45. The highest BCUT2D eigenvalue weighted by Crippen LogP contribution is 2.40. The van der Waals surface area contributed by atoms with E-state index in [0.717, 1.165) is 18.4 Å². The summed E-state index contributed by atoms with van der Waals surface area (Å²) in [5.74, 6) is 1.64. The van der Waals surface area contributed by atoms with Crippen molar-refractivity contribution in [1.29, 1.82) is 0 Å². The molecule has 1 nitrogen and oxygen atoms in total. The van der Waals surface area contributed by atoms with Crippen LogP contribution in [0.25, 0.3) is 0 Å². The standard InChI is InChI=1S/C18H29NS/c1-6-19-16-11-13(3)10-15(5)18(16)20-17-8-7-12(2)9-14(17)4/h7-9,13,15-16,18-19H,6,10-11H2,1-5H3. The second kappa shape index (κ2) is 7.00. The Kier molecular flexibility index (Phi) is 5.57. The Morgan fingerprint density at radius 2 is 1.95 bits per heavy atom. The third kappa shape index (κ3) is 3.79. The molecule has 0 aliphatic heterocycles. The molecule has 1 N–H and O–H groups in total. The van der Waals surface area contributed by atoms with Crippen LogP contribution in [0.15, 0.2) is 23.1 Å². The molecule has 2 heteroatoms. The minimum atomic E-state index is 0.657. The SMILES string of the molecule is CCNC1CC(C)CC(C)C1Sc1ccc(C)cc1C. The number of nitrogens with one attached hydrogen (secondary N) is 1. The highest BCUT2D eigenvalue weighted by atomic mass is 32.2. The summed E-state index contributed by atoms with van der Waals surface area (Å²) in [7, 11) is 0. The van der Waals surface area contributed by atoms with E-state index in [1.165, 1.54) is 28.9 Å². The molecule has 2 rings (SSSR count). The van der Waals surface area contributed by atoms with Crippen molar-refractivity contribution < 1.29 is 0 Å². The van der Waals surface area contributed by atoms with Gasteiger partial charge in [0.15, 0.2) is 0 Å². The zero-order valence-electron chi connectivity index (χ0n) is 13.6. The summed E-state index contributed by atoms with van der Waals surface area (Å²) in [5, 5.41) is 4.43. The molecule has 0 saturated heterocycles. The van der Waals surface area contributed by atoms with Gasteiger partial charge in [-0.25, -0.2) is 0 Å². The predicted molar refractivity (Wildman–Crippen MR) is 90.6 cm³/mol. The van der Waals surface area contributed by atoms with E-state index < -0.39 is 0 Å². The monoisotopic (exact) mass is 291 g/mol. The summed E-state index contributed by atoms with van der Waals surface area (Å²) in [6, 6.07) is 7.52. The lowest BCUT2D eigenvalue weighted by atomic mass is 9.80. The van der Waals surface area contributed by atoms with Crippen molar-refractivity contribution in [1.82, 2.24) is 5.32 Å². The molecular weight excluding hydrogens is 262 g/mol. The van der Waals surface area contributed by atoms with Crippen LogP contribution >= 0.6 is 11.8 Å². The van der Waals surface area contributed by atoms with Crippen LogP contribution in [-0.4, -0.2) is 17.8 Å². The molecule has 4 atom stereocenters.